The van der Waals surface area contributed by atoms with Crippen LogP contribution in [0.3, 0.4) is 0 Å². The van der Waals surface area contributed by atoms with Crippen LogP contribution in [-0.2, 0) is 6.54 Å². The van der Waals surface area contributed by atoms with Gasteiger partial charge >= 0.3 is 0 Å². The third-order valence-corrected chi connectivity index (χ3v) is 5.54. The maximum atomic E-state index is 13.6. The van der Waals surface area contributed by atoms with Gasteiger partial charge in [-0.2, -0.15) is 0 Å². The molecule has 1 N–H and O–H groups in total. The van der Waals surface area contributed by atoms with Crippen molar-refractivity contribution in [1.29, 1.82) is 0 Å². The first-order chi connectivity index (χ1) is 15.5. The van der Waals surface area contributed by atoms with E-state index in [1.807, 2.05) is 79.9 Å². The molecular formula is C27H26FN3O. The molecule has 4 aromatic rings. The number of benzene rings is 3. The van der Waals surface area contributed by atoms with Gasteiger partial charge in [-0.1, -0.05) is 66.2 Å². The van der Waals surface area contributed by atoms with E-state index in [0.717, 1.165) is 28.1 Å². The van der Waals surface area contributed by atoms with Crippen molar-refractivity contribution in [2.75, 3.05) is 0 Å². The predicted molar refractivity (Wildman–Crippen MR) is 126 cm³/mol. The smallest absolute Gasteiger partial charge is 0.270 e. The van der Waals surface area contributed by atoms with E-state index < -0.39 is 0 Å². The van der Waals surface area contributed by atoms with Gasteiger partial charge in [0.1, 0.15) is 23.0 Å². The van der Waals surface area contributed by atoms with E-state index in [-0.39, 0.29) is 17.8 Å². The highest BCUT2D eigenvalue weighted by atomic mass is 19.1. The second-order valence-electron chi connectivity index (χ2n) is 7.86. The van der Waals surface area contributed by atoms with Crippen LogP contribution >= 0.6 is 0 Å². The Hall–Kier alpha value is -3.73. The summed E-state index contributed by atoms with van der Waals surface area (Å²) in [6.45, 7) is 6.52. The topological polar surface area (TPSA) is 46.9 Å². The van der Waals surface area contributed by atoms with E-state index in [1.54, 1.807) is 12.1 Å². The number of hydrogen-bond acceptors (Lipinski definition) is 2. The number of nitrogens with one attached hydrogen (secondary N) is 1. The minimum atomic E-state index is -0.300. The number of aryl methyl sites for hydroxylation is 1. The van der Waals surface area contributed by atoms with Crippen molar-refractivity contribution < 1.29 is 9.18 Å². The van der Waals surface area contributed by atoms with Crippen molar-refractivity contribution in [3.8, 4) is 22.6 Å². The van der Waals surface area contributed by atoms with Crippen molar-refractivity contribution in [3.05, 3.63) is 102 Å². The van der Waals surface area contributed by atoms with Crippen molar-refractivity contribution in [2.24, 2.45) is 0 Å². The first-order valence-electron chi connectivity index (χ1n) is 10.8. The second-order valence-corrected chi connectivity index (χ2v) is 7.86. The fourth-order valence-electron chi connectivity index (χ4n) is 3.89. The van der Waals surface area contributed by atoms with Gasteiger partial charge in [-0.05, 0) is 44.5 Å². The van der Waals surface area contributed by atoms with Gasteiger partial charge in [-0.25, -0.2) is 9.37 Å². The number of halogens is 1. The highest BCUT2D eigenvalue weighted by Gasteiger charge is 2.25. The second kappa shape index (κ2) is 9.18. The first-order valence-corrected chi connectivity index (χ1v) is 10.8. The summed E-state index contributed by atoms with van der Waals surface area (Å²) in [7, 11) is 0. The van der Waals surface area contributed by atoms with Gasteiger partial charge in [0.25, 0.3) is 5.91 Å². The lowest BCUT2D eigenvalue weighted by molar-refractivity contribution is 0.0931. The molecule has 0 aliphatic rings. The van der Waals surface area contributed by atoms with E-state index in [1.165, 1.54) is 12.1 Å². The van der Waals surface area contributed by atoms with Gasteiger partial charge in [-0.15, -0.1) is 0 Å². The summed E-state index contributed by atoms with van der Waals surface area (Å²) in [5.74, 6) is 0.240. The largest absolute Gasteiger partial charge is 0.344 e. The zero-order valence-corrected chi connectivity index (χ0v) is 18.5. The summed E-state index contributed by atoms with van der Waals surface area (Å²) >= 11 is 0. The van der Waals surface area contributed by atoms with Gasteiger partial charge < -0.3 is 9.88 Å². The zero-order valence-electron chi connectivity index (χ0n) is 18.5. The maximum Gasteiger partial charge on any atom is 0.270 e. The molecule has 4 nitrogen and oxygen atoms in total. The molecule has 0 aliphatic heterocycles. The summed E-state index contributed by atoms with van der Waals surface area (Å²) in [4.78, 5) is 18.5. The molecule has 1 unspecified atom stereocenters. The molecule has 162 valence electrons. The van der Waals surface area contributed by atoms with Crippen molar-refractivity contribution >= 4 is 5.91 Å². The normalized spacial score (nSPS) is 11.9. The highest BCUT2D eigenvalue weighted by molar-refractivity contribution is 5.99. The number of carbonyl (C=O) groups is 1. The zero-order chi connectivity index (χ0) is 22.7. The third-order valence-electron chi connectivity index (χ3n) is 5.54. The summed E-state index contributed by atoms with van der Waals surface area (Å²) in [6, 6.07) is 23.8. The van der Waals surface area contributed by atoms with Crippen LogP contribution in [0, 0.1) is 12.7 Å². The molecule has 1 aromatic heterocycles. The number of rotatable bonds is 6. The Morgan fingerprint density at radius 1 is 1.00 bits per heavy atom. The summed E-state index contributed by atoms with van der Waals surface area (Å²) in [5.41, 5.74) is 4.95. The van der Waals surface area contributed by atoms with E-state index >= 15 is 0 Å². The standard InChI is InChI=1S/C27H26FN3O/c1-4-31-25(27(32)29-19(3)20-13-15-23(28)16-14-20)24(22-12-8-9-18(2)17-22)30-26(31)21-10-6-5-7-11-21/h5-17,19H,4H2,1-3H3,(H,29,32). The SMILES string of the molecule is CCn1c(-c2ccccc2)nc(-c2cccc(C)c2)c1C(=O)NC(C)c1ccc(F)cc1. The fourth-order valence-corrected chi connectivity index (χ4v) is 3.89. The Bertz CT molecular complexity index is 1230. The number of imidazole rings is 1. The monoisotopic (exact) mass is 427 g/mol. The van der Waals surface area contributed by atoms with Crippen LogP contribution in [0.4, 0.5) is 4.39 Å². The molecule has 0 bridgehead atoms. The van der Waals surface area contributed by atoms with Crippen molar-refractivity contribution in [2.45, 2.75) is 33.4 Å². The molecule has 0 spiro atoms. The maximum absolute atomic E-state index is 13.6. The Morgan fingerprint density at radius 2 is 1.69 bits per heavy atom. The Kier molecular flexibility index (Phi) is 6.17. The summed E-state index contributed by atoms with van der Waals surface area (Å²) in [5, 5.41) is 3.07. The quantitative estimate of drug-likeness (QED) is 0.400. The third kappa shape index (κ3) is 4.33. The Morgan fingerprint density at radius 3 is 2.34 bits per heavy atom. The van der Waals surface area contributed by atoms with Gasteiger partial charge in [0.05, 0.1) is 6.04 Å². The first kappa shape index (κ1) is 21.5. The minimum absolute atomic E-state index is 0.213. The Balaban J connectivity index is 1.80. The summed E-state index contributed by atoms with van der Waals surface area (Å²) < 4.78 is 15.3. The fraction of sp³-hybridized carbons (Fsp3) is 0.185. The van der Waals surface area contributed by atoms with Crippen molar-refractivity contribution in [3.63, 3.8) is 0 Å². The van der Waals surface area contributed by atoms with E-state index in [9.17, 15) is 9.18 Å². The number of hydrogen-bond donors (Lipinski definition) is 1. The Labute approximate surface area is 187 Å². The molecule has 0 saturated carbocycles. The number of aromatic nitrogens is 2. The number of nitrogens with zero attached hydrogens (tertiary/aromatic N) is 2. The van der Waals surface area contributed by atoms with Gasteiger partial charge in [-0.3, -0.25) is 4.79 Å². The van der Waals surface area contributed by atoms with E-state index in [4.69, 9.17) is 4.98 Å². The minimum Gasteiger partial charge on any atom is -0.344 e. The van der Waals surface area contributed by atoms with Crippen LogP contribution in [-0.4, -0.2) is 15.5 Å². The van der Waals surface area contributed by atoms with Crippen LogP contribution in [0.2, 0.25) is 0 Å². The number of carbonyl (C=O) groups excluding carboxylic acids is 1. The van der Waals surface area contributed by atoms with Crippen LogP contribution in [0.1, 0.15) is 41.5 Å². The molecular weight excluding hydrogens is 401 g/mol. The lowest BCUT2D eigenvalue weighted by Crippen LogP contribution is -2.29. The van der Waals surface area contributed by atoms with Gasteiger partial charge in [0.2, 0.25) is 0 Å². The van der Waals surface area contributed by atoms with Crippen molar-refractivity contribution in [1.82, 2.24) is 14.9 Å². The number of amides is 1. The molecule has 1 atom stereocenters. The highest BCUT2D eigenvalue weighted by Crippen LogP contribution is 2.30. The molecule has 0 radical (unpaired) electrons. The van der Waals surface area contributed by atoms with Crippen LogP contribution in [0.5, 0.6) is 0 Å². The lowest BCUT2D eigenvalue weighted by Gasteiger charge is -2.16. The molecule has 32 heavy (non-hydrogen) atoms. The van der Waals surface area contributed by atoms with Crippen LogP contribution in [0.15, 0.2) is 78.9 Å². The molecule has 0 saturated heterocycles. The average Bonchev–Trinajstić information content (AvgIpc) is 3.20. The molecule has 1 amide bonds. The van der Waals surface area contributed by atoms with Crippen LogP contribution < -0.4 is 5.32 Å². The molecule has 0 fully saturated rings. The predicted octanol–water partition coefficient (Wildman–Crippen LogP) is 6.18. The van der Waals surface area contributed by atoms with Crippen LogP contribution in [0.25, 0.3) is 22.6 Å². The molecule has 3 aromatic carbocycles. The molecule has 0 aliphatic carbocycles. The lowest BCUT2D eigenvalue weighted by atomic mass is 10.1. The van der Waals surface area contributed by atoms with E-state index in [0.29, 0.717) is 17.9 Å². The summed E-state index contributed by atoms with van der Waals surface area (Å²) in [6.07, 6.45) is 0. The van der Waals surface area contributed by atoms with E-state index in [2.05, 4.69) is 5.32 Å². The molecule has 4 rings (SSSR count). The molecule has 5 heteroatoms. The van der Waals surface area contributed by atoms with Gasteiger partial charge in [0, 0.05) is 17.7 Å². The molecule has 1 heterocycles. The average molecular weight is 428 g/mol. The van der Waals surface area contributed by atoms with Gasteiger partial charge in [0.15, 0.2) is 0 Å².